The van der Waals surface area contributed by atoms with Crippen LogP contribution in [0.3, 0.4) is 0 Å². The van der Waals surface area contributed by atoms with Crippen molar-refractivity contribution in [3.63, 3.8) is 0 Å². The molecule has 26 heavy (non-hydrogen) atoms. The van der Waals surface area contributed by atoms with Crippen LogP contribution in [0.5, 0.6) is 11.5 Å². The fraction of sp³-hybridized carbons (Fsp3) is 0.158. The van der Waals surface area contributed by atoms with Gasteiger partial charge in [0.15, 0.2) is 5.13 Å². The zero-order chi connectivity index (χ0) is 18.3. The minimum absolute atomic E-state index is 0.263. The number of nitrogens with zero attached hydrogens (tertiary/aromatic N) is 1. The molecule has 7 heteroatoms. The number of aromatic nitrogens is 1. The van der Waals surface area contributed by atoms with Crippen LogP contribution in [0.15, 0.2) is 40.8 Å². The molecule has 0 atom stereocenters. The molecule has 2 aromatic carbocycles. The monoisotopic (exact) mass is 368 g/mol. The Hall–Kier alpha value is -3.06. The average molecular weight is 368 g/mol. The summed E-state index contributed by atoms with van der Waals surface area (Å²) in [6, 6.07) is 11.0. The van der Waals surface area contributed by atoms with Gasteiger partial charge in [-0.05, 0) is 43.3 Å². The molecule has 0 aliphatic carbocycles. The third-order valence-electron chi connectivity index (χ3n) is 4.11. The molecule has 0 aliphatic heterocycles. The molecule has 0 aliphatic rings. The van der Waals surface area contributed by atoms with Crippen LogP contribution in [-0.2, 0) is 0 Å². The van der Waals surface area contributed by atoms with E-state index < -0.39 is 0 Å². The van der Waals surface area contributed by atoms with E-state index in [2.05, 4.69) is 10.3 Å². The molecule has 0 bridgehead atoms. The number of carbonyl (C=O) groups excluding carboxylic acids is 1. The van der Waals surface area contributed by atoms with Crippen LogP contribution in [0.25, 0.3) is 21.2 Å². The van der Waals surface area contributed by atoms with Crippen molar-refractivity contribution in [1.29, 1.82) is 0 Å². The lowest BCUT2D eigenvalue weighted by Crippen LogP contribution is -2.12. The maximum atomic E-state index is 12.8. The van der Waals surface area contributed by atoms with Gasteiger partial charge in [-0.15, -0.1) is 0 Å². The molecule has 4 aromatic rings. The standard InChI is InChI=1S/C19H16N2O4S/c1-10-17(13-8-11(23-2)5-7-15(13)25-10)18(22)21-19-20-14-6-4-12(24-3)9-16(14)26-19/h4-9H,1-3H3,(H,20,21,22). The average Bonchev–Trinajstić information content (AvgIpc) is 3.18. The molecule has 0 radical (unpaired) electrons. The number of furan rings is 1. The van der Waals surface area contributed by atoms with Crippen LogP contribution in [0.2, 0.25) is 0 Å². The number of anilines is 1. The lowest BCUT2D eigenvalue weighted by Gasteiger charge is -2.02. The van der Waals surface area contributed by atoms with Gasteiger partial charge in [-0.2, -0.15) is 0 Å². The van der Waals surface area contributed by atoms with Crippen molar-refractivity contribution in [2.45, 2.75) is 6.92 Å². The third kappa shape index (κ3) is 2.76. The number of amides is 1. The molecule has 2 heterocycles. The predicted octanol–water partition coefficient (Wildman–Crippen LogP) is 4.62. The van der Waals surface area contributed by atoms with Gasteiger partial charge in [0.1, 0.15) is 22.8 Å². The first-order chi connectivity index (χ1) is 12.6. The van der Waals surface area contributed by atoms with Gasteiger partial charge in [-0.1, -0.05) is 11.3 Å². The fourth-order valence-corrected chi connectivity index (χ4v) is 3.74. The van der Waals surface area contributed by atoms with Crippen molar-refractivity contribution in [3.8, 4) is 11.5 Å². The number of methoxy groups -OCH3 is 2. The summed E-state index contributed by atoms with van der Waals surface area (Å²) in [5.74, 6) is 1.70. The Morgan fingerprint density at radius 1 is 1.12 bits per heavy atom. The number of nitrogens with one attached hydrogen (secondary N) is 1. The van der Waals surface area contributed by atoms with E-state index in [9.17, 15) is 4.79 Å². The summed E-state index contributed by atoms with van der Waals surface area (Å²) in [7, 11) is 3.20. The Labute approximate surface area is 153 Å². The van der Waals surface area contributed by atoms with E-state index >= 15 is 0 Å². The molecular weight excluding hydrogens is 352 g/mol. The van der Waals surface area contributed by atoms with Crippen molar-refractivity contribution in [2.75, 3.05) is 19.5 Å². The summed E-state index contributed by atoms with van der Waals surface area (Å²) in [5, 5.41) is 4.10. The number of hydrogen-bond acceptors (Lipinski definition) is 6. The van der Waals surface area contributed by atoms with Gasteiger partial charge in [0, 0.05) is 5.39 Å². The quantitative estimate of drug-likeness (QED) is 0.569. The van der Waals surface area contributed by atoms with Gasteiger partial charge in [0.05, 0.1) is 30.0 Å². The number of carbonyl (C=O) groups is 1. The Morgan fingerprint density at radius 2 is 1.85 bits per heavy atom. The Balaban J connectivity index is 1.70. The largest absolute Gasteiger partial charge is 0.497 e. The van der Waals surface area contributed by atoms with Crippen molar-refractivity contribution in [3.05, 3.63) is 47.7 Å². The highest BCUT2D eigenvalue weighted by Gasteiger charge is 2.20. The molecule has 0 saturated carbocycles. The van der Waals surface area contributed by atoms with E-state index in [0.29, 0.717) is 33.2 Å². The van der Waals surface area contributed by atoms with E-state index in [1.165, 1.54) is 11.3 Å². The number of fused-ring (bicyclic) bond motifs is 2. The van der Waals surface area contributed by atoms with Gasteiger partial charge in [-0.25, -0.2) is 4.98 Å². The Bertz CT molecular complexity index is 1130. The zero-order valence-corrected chi connectivity index (χ0v) is 15.3. The van der Waals surface area contributed by atoms with Crippen LogP contribution in [0, 0.1) is 6.92 Å². The molecule has 1 amide bonds. The molecule has 6 nitrogen and oxygen atoms in total. The number of ether oxygens (including phenoxy) is 2. The lowest BCUT2D eigenvalue weighted by atomic mass is 10.1. The minimum Gasteiger partial charge on any atom is -0.497 e. The van der Waals surface area contributed by atoms with Crippen LogP contribution >= 0.6 is 11.3 Å². The lowest BCUT2D eigenvalue weighted by molar-refractivity contribution is 0.102. The van der Waals surface area contributed by atoms with Crippen molar-refractivity contribution >= 4 is 43.6 Å². The van der Waals surface area contributed by atoms with E-state index in [0.717, 1.165) is 16.0 Å². The molecule has 132 valence electrons. The number of rotatable bonds is 4. The third-order valence-corrected chi connectivity index (χ3v) is 5.05. The van der Waals surface area contributed by atoms with Gasteiger partial charge < -0.3 is 13.9 Å². The zero-order valence-electron chi connectivity index (χ0n) is 14.5. The predicted molar refractivity (Wildman–Crippen MR) is 102 cm³/mol. The molecule has 1 N–H and O–H groups in total. The molecule has 4 rings (SSSR count). The molecule has 0 spiro atoms. The van der Waals surface area contributed by atoms with Gasteiger partial charge in [0.25, 0.3) is 5.91 Å². The van der Waals surface area contributed by atoms with Crippen LogP contribution in [0.4, 0.5) is 5.13 Å². The summed E-state index contributed by atoms with van der Waals surface area (Å²) in [4.78, 5) is 17.3. The Kier molecular flexibility index (Phi) is 4.00. The summed E-state index contributed by atoms with van der Waals surface area (Å²) in [5.41, 5.74) is 1.93. The second kappa shape index (κ2) is 6.34. The van der Waals surface area contributed by atoms with Crippen molar-refractivity contribution in [1.82, 2.24) is 4.98 Å². The number of benzene rings is 2. The topological polar surface area (TPSA) is 73.6 Å². The normalized spacial score (nSPS) is 11.0. The summed E-state index contributed by atoms with van der Waals surface area (Å²) >= 11 is 1.39. The Morgan fingerprint density at radius 3 is 2.62 bits per heavy atom. The highest BCUT2D eigenvalue weighted by Crippen LogP contribution is 2.32. The summed E-state index contributed by atoms with van der Waals surface area (Å²) in [6.45, 7) is 1.77. The second-order valence-corrected chi connectivity index (χ2v) is 6.73. The molecule has 0 saturated heterocycles. The van der Waals surface area contributed by atoms with E-state index in [4.69, 9.17) is 13.9 Å². The van der Waals surface area contributed by atoms with Gasteiger partial charge in [-0.3, -0.25) is 10.1 Å². The first-order valence-electron chi connectivity index (χ1n) is 7.92. The molecule has 0 fully saturated rings. The summed E-state index contributed by atoms with van der Waals surface area (Å²) in [6.07, 6.45) is 0. The van der Waals surface area contributed by atoms with Crippen LogP contribution in [-0.4, -0.2) is 25.1 Å². The van der Waals surface area contributed by atoms with Gasteiger partial charge >= 0.3 is 0 Å². The van der Waals surface area contributed by atoms with E-state index in [1.54, 1.807) is 39.3 Å². The van der Waals surface area contributed by atoms with Crippen molar-refractivity contribution < 1.29 is 18.7 Å². The maximum Gasteiger partial charge on any atom is 0.261 e. The van der Waals surface area contributed by atoms with E-state index in [1.807, 2.05) is 18.2 Å². The molecular formula is C19H16N2O4S. The summed E-state index contributed by atoms with van der Waals surface area (Å²) < 4.78 is 17.1. The van der Waals surface area contributed by atoms with Crippen LogP contribution in [0.1, 0.15) is 16.1 Å². The maximum absolute atomic E-state index is 12.8. The first kappa shape index (κ1) is 16.4. The number of thiazole rings is 1. The fourth-order valence-electron chi connectivity index (χ4n) is 2.85. The molecule has 0 unspecified atom stereocenters. The first-order valence-corrected chi connectivity index (χ1v) is 8.74. The smallest absolute Gasteiger partial charge is 0.261 e. The minimum atomic E-state index is -0.263. The van der Waals surface area contributed by atoms with Crippen LogP contribution < -0.4 is 14.8 Å². The highest BCUT2D eigenvalue weighted by molar-refractivity contribution is 7.22. The molecule has 2 aromatic heterocycles. The highest BCUT2D eigenvalue weighted by atomic mass is 32.1. The number of hydrogen-bond donors (Lipinski definition) is 1. The van der Waals surface area contributed by atoms with Crippen molar-refractivity contribution in [2.24, 2.45) is 0 Å². The SMILES string of the molecule is COc1ccc2nc(NC(=O)c3c(C)oc4ccc(OC)cc34)sc2c1. The second-order valence-electron chi connectivity index (χ2n) is 5.70. The van der Waals surface area contributed by atoms with Gasteiger partial charge in [0.2, 0.25) is 0 Å². The number of aryl methyl sites for hydroxylation is 1. The van der Waals surface area contributed by atoms with E-state index in [-0.39, 0.29) is 5.91 Å².